The number of rotatable bonds is 5. The Morgan fingerprint density at radius 3 is 2.64 bits per heavy atom. The second-order valence-electron chi connectivity index (χ2n) is 3.41. The van der Waals surface area contributed by atoms with Gasteiger partial charge < -0.3 is 5.32 Å². The smallest absolute Gasteiger partial charge is 0.115 e. The number of aromatic nitrogens is 2. The van der Waals surface area contributed by atoms with Crippen molar-refractivity contribution in [3.8, 4) is 0 Å². The van der Waals surface area contributed by atoms with E-state index in [1.165, 1.54) is 0 Å². The Morgan fingerprint density at radius 1 is 1.50 bits per heavy atom. The maximum absolute atomic E-state index is 4.00. The predicted molar refractivity (Wildman–Crippen MR) is 57.9 cm³/mol. The van der Waals surface area contributed by atoms with Crippen molar-refractivity contribution in [1.29, 1.82) is 0 Å². The Morgan fingerprint density at radius 2 is 2.14 bits per heavy atom. The monoisotopic (exact) mass is 191 g/mol. The largest absolute Gasteiger partial charge is 0.306 e. The summed E-state index contributed by atoms with van der Waals surface area (Å²) in [5, 5.41) is 3.41. The third-order valence-electron chi connectivity index (χ3n) is 2.01. The Hall–Kier alpha value is -1.22. The van der Waals surface area contributed by atoms with Gasteiger partial charge in [-0.15, -0.1) is 0 Å². The van der Waals surface area contributed by atoms with Crippen molar-refractivity contribution in [2.75, 3.05) is 6.54 Å². The molecule has 0 aliphatic heterocycles. The molecule has 1 rings (SSSR count). The average Bonchev–Trinajstić information content (AvgIpc) is 2.19. The minimum Gasteiger partial charge on any atom is -0.306 e. The van der Waals surface area contributed by atoms with Crippen LogP contribution in [0.4, 0.5) is 0 Å². The molecular weight excluding hydrogens is 174 g/mol. The maximum Gasteiger partial charge on any atom is 0.115 e. The first-order chi connectivity index (χ1) is 6.75. The zero-order valence-corrected chi connectivity index (χ0v) is 8.83. The van der Waals surface area contributed by atoms with Crippen LogP contribution in [-0.4, -0.2) is 16.5 Å². The van der Waals surface area contributed by atoms with Crippen molar-refractivity contribution in [3.05, 3.63) is 36.4 Å². The van der Waals surface area contributed by atoms with Gasteiger partial charge in [-0.2, -0.15) is 0 Å². The molecule has 0 saturated heterocycles. The summed E-state index contributed by atoms with van der Waals surface area (Å²) in [4.78, 5) is 8.01. The fraction of sp³-hybridized carbons (Fsp3) is 0.455. The van der Waals surface area contributed by atoms with Crippen LogP contribution in [0.15, 0.2) is 30.9 Å². The summed E-state index contributed by atoms with van der Waals surface area (Å²) in [6, 6.07) is 0.177. The highest BCUT2D eigenvalue weighted by Gasteiger charge is 2.10. The van der Waals surface area contributed by atoms with E-state index in [1.807, 2.05) is 19.3 Å². The summed E-state index contributed by atoms with van der Waals surface area (Å²) in [6.45, 7) is 9.10. The zero-order chi connectivity index (χ0) is 10.4. The molecule has 1 N–H and O–H groups in total. The average molecular weight is 191 g/mol. The van der Waals surface area contributed by atoms with Crippen LogP contribution in [0.3, 0.4) is 0 Å². The van der Waals surface area contributed by atoms with E-state index >= 15 is 0 Å². The molecule has 0 radical (unpaired) electrons. The lowest BCUT2D eigenvalue weighted by Gasteiger charge is -2.17. The summed E-state index contributed by atoms with van der Waals surface area (Å²) in [7, 11) is 0. The minimum absolute atomic E-state index is 0.177. The normalized spacial score (nSPS) is 12.4. The van der Waals surface area contributed by atoms with Gasteiger partial charge in [0.25, 0.3) is 0 Å². The Balaban J connectivity index is 2.73. The molecule has 14 heavy (non-hydrogen) atoms. The van der Waals surface area contributed by atoms with Crippen LogP contribution in [-0.2, 0) is 0 Å². The van der Waals surface area contributed by atoms with Crippen molar-refractivity contribution < 1.29 is 0 Å². The molecule has 3 heteroatoms. The van der Waals surface area contributed by atoms with Crippen molar-refractivity contribution in [2.45, 2.75) is 26.3 Å². The third kappa shape index (κ3) is 2.92. The van der Waals surface area contributed by atoms with Crippen LogP contribution in [0.2, 0.25) is 0 Å². The third-order valence-corrected chi connectivity index (χ3v) is 2.01. The Bertz CT molecular complexity index is 282. The molecule has 0 aromatic carbocycles. The van der Waals surface area contributed by atoms with Crippen LogP contribution in [0.1, 0.15) is 31.9 Å². The van der Waals surface area contributed by atoms with E-state index in [9.17, 15) is 0 Å². The van der Waals surface area contributed by atoms with Gasteiger partial charge in [0.1, 0.15) is 6.33 Å². The second kappa shape index (κ2) is 5.50. The van der Waals surface area contributed by atoms with Crippen molar-refractivity contribution in [2.24, 2.45) is 0 Å². The lowest BCUT2D eigenvalue weighted by molar-refractivity contribution is 0.587. The topological polar surface area (TPSA) is 37.8 Å². The molecular formula is C11H17N3. The Labute approximate surface area is 85.3 Å². The van der Waals surface area contributed by atoms with Crippen molar-refractivity contribution in [1.82, 2.24) is 15.3 Å². The fourth-order valence-corrected chi connectivity index (χ4v) is 1.32. The van der Waals surface area contributed by atoms with Gasteiger partial charge in [0, 0.05) is 18.0 Å². The highest BCUT2D eigenvalue weighted by Crippen LogP contribution is 2.17. The van der Waals surface area contributed by atoms with E-state index < -0.39 is 0 Å². The number of hydrogen-bond acceptors (Lipinski definition) is 3. The first-order valence-electron chi connectivity index (χ1n) is 4.89. The van der Waals surface area contributed by atoms with E-state index in [2.05, 4.69) is 28.8 Å². The quantitative estimate of drug-likeness (QED) is 0.724. The van der Waals surface area contributed by atoms with Gasteiger partial charge in [-0.1, -0.05) is 19.1 Å². The minimum atomic E-state index is 0.177. The summed E-state index contributed by atoms with van der Waals surface area (Å²) in [5.41, 5.74) is 2.17. The molecule has 1 heterocycles. The number of nitrogens with one attached hydrogen (secondary N) is 1. The SMILES string of the molecule is C=C(C)C(NCCC)c1cncnc1. The summed E-state index contributed by atoms with van der Waals surface area (Å²) in [5.74, 6) is 0. The van der Waals surface area contributed by atoms with Crippen LogP contribution in [0, 0.1) is 0 Å². The summed E-state index contributed by atoms with van der Waals surface area (Å²) < 4.78 is 0. The van der Waals surface area contributed by atoms with E-state index in [4.69, 9.17) is 0 Å². The molecule has 1 aromatic heterocycles. The lowest BCUT2D eigenvalue weighted by atomic mass is 10.0. The molecule has 0 aliphatic carbocycles. The van der Waals surface area contributed by atoms with E-state index in [0.717, 1.165) is 24.1 Å². The predicted octanol–water partition coefficient (Wildman–Crippen LogP) is 2.09. The first kappa shape index (κ1) is 10.9. The zero-order valence-electron chi connectivity index (χ0n) is 8.83. The molecule has 3 nitrogen and oxygen atoms in total. The van der Waals surface area contributed by atoms with Gasteiger partial charge in [-0.3, -0.25) is 0 Å². The summed E-state index contributed by atoms with van der Waals surface area (Å²) >= 11 is 0. The van der Waals surface area contributed by atoms with Gasteiger partial charge in [0.2, 0.25) is 0 Å². The molecule has 0 fully saturated rings. The van der Waals surface area contributed by atoms with Crippen LogP contribution in [0.5, 0.6) is 0 Å². The van der Waals surface area contributed by atoms with E-state index in [0.29, 0.717) is 0 Å². The number of hydrogen-bond donors (Lipinski definition) is 1. The highest BCUT2D eigenvalue weighted by atomic mass is 14.9. The second-order valence-corrected chi connectivity index (χ2v) is 3.41. The van der Waals surface area contributed by atoms with Crippen LogP contribution >= 0.6 is 0 Å². The number of nitrogens with zero attached hydrogens (tertiary/aromatic N) is 2. The molecule has 1 atom stereocenters. The van der Waals surface area contributed by atoms with Crippen molar-refractivity contribution >= 4 is 0 Å². The first-order valence-corrected chi connectivity index (χ1v) is 4.89. The molecule has 0 bridgehead atoms. The van der Waals surface area contributed by atoms with Crippen LogP contribution < -0.4 is 5.32 Å². The van der Waals surface area contributed by atoms with Crippen molar-refractivity contribution in [3.63, 3.8) is 0 Å². The Kier molecular flexibility index (Phi) is 4.26. The highest BCUT2D eigenvalue weighted by molar-refractivity contribution is 5.20. The molecule has 0 amide bonds. The van der Waals surface area contributed by atoms with Crippen LogP contribution in [0.25, 0.3) is 0 Å². The molecule has 1 aromatic rings. The maximum atomic E-state index is 4.00. The molecule has 76 valence electrons. The molecule has 0 aliphatic rings. The fourth-order valence-electron chi connectivity index (χ4n) is 1.32. The standard InChI is InChI=1S/C11H17N3/c1-4-5-14-11(9(2)3)10-6-12-8-13-7-10/h6-8,11,14H,2,4-5H2,1,3H3. The van der Waals surface area contributed by atoms with Gasteiger partial charge in [-0.05, 0) is 19.9 Å². The van der Waals surface area contributed by atoms with Gasteiger partial charge in [-0.25, -0.2) is 9.97 Å². The summed E-state index contributed by atoms with van der Waals surface area (Å²) in [6.07, 6.45) is 6.31. The van der Waals surface area contributed by atoms with E-state index in [1.54, 1.807) is 6.33 Å². The molecule has 1 unspecified atom stereocenters. The van der Waals surface area contributed by atoms with Gasteiger partial charge in [0.05, 0.1) is 6.04 Å². The van der Waals surface area contributed by atoms with Gasteiger partial charge in [0.15, 0.2) is 0 Å². The van der Waals surface area contributed by atoms with E-state index in [-0.39, 0.29) is 6.04 Å². The molecule has 0 saturated carbocycles. The molecule has 0 spiro atoms. The lowest BCUT2D eigenvalue weighted by Crippen LogP contribution is -2.23. The van der Waals surface area contributed by atoms with Gasteiger partial charge >= 0.3 is 0 Å².